The molecule has 3 aromatic rings. The first-order valence-corrected chi connectivity index (χ1v) is 6.22. The van der Waals surface area contributed by atoms with Crippen molar-refractivity contribution >= 4 is 22.7 Å². The van der Waals surface area contributed by atoms with Crippen molar-refractivity contribution in [2.24, 2.45) is 4.99 Å². The molecular weight excluding hydrogens is 270 g/mol. The first-order valence-electron chi connectivity index (χ1n) is 6.22. The predicted molar refractivity (Wildman–Crippen MR) is 80.6 cm³/mol. The molecule has 0 bridgehead atoms. The van der Waals surface area contributed by atoms with Gasteiger partial charge in [-0.25, -0.2) is 9.79 Å². The van der Waals surface area contributed by atoms with E-state index in [1.54, 1.807) is 12.1 Å². The fraction of sp³-hybridized carbons (Fsp3) is 0. The molecule has 104 valence electrons. The third kappa shape index (κ3) is 2.46. The van der Waals surface area contributed by atoms with E-state index in [1.165, 1.54) is 12.4 Å². The maximum atomic E-state index is 11.6. The van der Waals surface area contributed by atoms with Gasteiger partial charge < -0.3 is 10.1 Å². The number of aromatic hydroxyl groups is 1. The molecule has 1 aromatic heterocycles. The summed E-state index contributed by atoms with van der Waals surface area (Å²) in [4.78, 5) is 31.0. The van der Waals surface area contributed by atoms with Gasteiger partial charge in [0.2, 0.25) is 0 Å². The van der Waals surface area contributed by atoms with E-state index < -0.39 is 11.2 Å². The third-order valence-electron chi connectivity index (χ3n) is 3.08. The lowest BCUT2D eigenvalue weighted by Gasteiger charge is -2.04. The van der Waals surface area contributed by atoms with Gasteiger partial charge in [0.05, 0.1) is 0 Å². The molecule has 3 N–H and O–H groups in total. The summed E-state index contributed by atoms with van der Waals surface area (Å²) in [5, 5.41) is 11.7. The first kappa shape index (κ1) is 12.9. The molecule has 0 aliphatic rings. The van der Waals surface area contributed by atoms with Gasteiger partial charge in [-0.15, -0.1) is 0 Å². The molecule has 0 unspecified atom stereocenters. The van der Waals surface area contributed by atoms with E-state index in [9.17, 15) is 14.7 Å². The number of nitrogens with one attached hydrogen (secondary N) is 2. The van der Waals surface area contributed by atoms with E-state index in [0.717, 1.165) is 10.8 Å². The average molecular weight is 281 g/mol. The van der Waals surface area contributed by atoms with Crippen molar-refractivity contribution in [3.05, 3.63) is 69.0 Å². The Bertz CT molecular complexity index is 954. The lowest BCUT2D eigenvalue weighted by molar-refractivity contribution is 0.475. The summed E-state index contributed by atoms with van der Waals surface area (Å²) in [7, 11) is 0. The largest absolute Gasteiger partial charge is 0.507 e. The van der Waals surface area contributed by atoms with Gasteiger partial charge in [0.15, 0.2) is 0 Å². The summed E-state index contributed by atoms with van der Waals surface area (Å²) in [5.74, 6) is 0.0679. The highest BCUT2D eigenvalue weighted by Gasteiger charge is 2.05. The molecule has 0 aliphatic heterocycles. The van der Waals surface area contributed by atoms with Gasteiger partial charge in [-0.2, -0.15) is 0 Å². The lowest BCUT2D eigenvalue weighted by Crippen LogP contribution is -2.20. The van der Waals surface area contributed by atoms with Gasteiger partial charge in [0.25, 0.3) is 5.56 Å². The second-order valence-electron chi connectivity index (χ2n) is 4.43. The number of aliphatic imine (C=N–C) groups is 1. The molecular formula is C15H11N3O3. The Morgan fingerprint density at radius 1 is 1.10 bits per heavy atom. The van der Waals surface area contributed by atoms with Gasteiger partial charge in [0.1, 0.15) is 11.4 Å². The smallest absolute Gasteiger partial charge is 0.325 e. The average Bonchev–Trinajstić information content (AvgIpc) is 2.48. The van der Waals surface area contributed by atoms with Crippen LogP contribution in [-0.4, -0.2) is 21.3 Å². The van der Waals surface area contributed by atoms with E-state index in [-0.39, 0.29) is 11.4 Å². The summed E-state index contributed by atoms with van der Waals surface area (Å²) >= 11 is 0. The van der Waals surface area contributed by atoms with Crippen LogP contribution >= 0.6 is 0 Å². The molecule has 21 heavy (non-hydrogen) atoms. The van der Waals surface area contributed by atoms with Crippen LogP contribution in [0.3, 0.4) is 0 Å². The van der Waals surface area contributed by atoms with Crippen LogP contribution in [-0.2, 0) is 0 Å². The molecule has 0 aliphatic carbocycles. The van der Waals surface area contributed by atoms with Crippen molar-refractivity contribution in [2.75, 3.05) is 0 Å². The van der Waals surface area contributed by atoms with Crippen molar-refractivity contribution in [2.45, 2.75) is 0 Å². The summed E-state index contributed by atoms with van der Waals surface area (Å²) in [6.07, 6.45) is 2.63. The number of phenolic OH excluding ortho intramolecular Hbond substituents is 1. The Hall–Kier alpha value is -3.15. The Morgan fingerprint density at radius 3 is 2.71 bits per heavy atom. The minimum atomic E-state index is -0.591. The normalized spacial score (nSPS) is 11.2. The molecule has 0 atom stereocenters. The van der Waals surface area contributed by atoms with Gasteiger partial charge in [-0.1, -0.05) is 30.3 Å². The number of aromatic amines is 2. The molecule has 2 aromatic carbocycles. The third-order valence-corrected chi connectivity index (χ3v) is 3.08. The van der Waals surface area contributed by atoms with Crippen LogP contribution in [0.15, 0.2) is 57.2 Å². The number of nitrogens with zero attached hydrogens (tertiary/aromatic N) is 1. The minimum absolute atomic E-state index is 0.0573. The van der Waals surface area contributed by atoms with Crippen molar-refractivity contribution in [1.82, 2.24) is 9.97 Å². The van der Waals surface area contributed by atoms with Crippen LogP contribution in [0.4, 0.5) is 5.69 Å². The number of hydrogen-bond donors (Lipinski definition) is 3. The highest BCUT2D eigenvalue weighted by Crippen LogP contribution is 2.25. The second kappa shape index (κ2) is 5.09. The van der Waals surface area contributed by atoms with Gasteiger partial charge in [0, 0.05) is 18.0 Å². The molecule has 0 amide bonds. The highest BCUT2D eigenvalue weighted by molar-refractivity contribution is 6.02. The molecule has 0 saturated carbocycles. The molecule has 6 nitrogen and oxygen atoms in total. The number of hydrogen-bond acceptors (Lipinski definition) is 4. The van der Waals surface area contributed by atoms with E-state index in [0.29, 0.717) is 5.56 Å². The number of H-pyrrole nitrogens is 2. The Morgan fingerprint density at radius 2 is 1.90 bits per heavy atom. The van der Waals surface area contributed by atoms with Crippen LogP contribution in [0.2, 0.25) is 0 Å². The summed E-state index contributed by atoms with van der Waals surface area (Å²) < 4.78 is 0. The number of aromatic nitrogens is 2. The van der Waals surface area contributed by atoms with Crippen molar-refractivity contribution in [3.8, 4) is 5.75 Å². The molecule has 0 saturated heterocycles. The van der Waals surface area contributed by atoms with Gasteiger partial charge in [-0.3, -0.25) is 9.78 Å². The minimum Gasteiger partial charge on any atom is -0.507 e. The van der Waals surface area contributed by atoms with E-state index in [1.807, 2.05) is 24.3 Å². The topological polar surface area (TPSA) is 98.3 Å². The zero-order valence-electron chi connectivity index (χ0n) is 10.8. The van der Waals surface area contributed by atoms with Crippen molar-refractivity contribution in [1.29, 1.82) is 0 Å². The van der Waals surface area contributed by atoms with Crippen LogP contribution in [0.25, 0.3) is 10.8 Å². The fourth-order valence-electron chi connectivity index (χ4n) is 2.05. The lowest BCUT2D eigenvalue weighted by atomic mass is 10.0. The molecule has 6 heteroatoms. The molecule has 0 spiro atoms. The van der Waals surface area contributed by atoms with Crippen molar-refractivity contribution < 1.29 is 5.11 Å². The number of rotatable bonds is 2. The first-order chi connectivity index (χ1) is 10.1. The van der Waals surface area contributed by atoms with E-state index in [2.05, 4.69) is 15.0 Å². The SMILES string of the molecule is O=c1[nH]cc(N=Cc2c(O)ccc3ccccc23)c(=O)[nH]1. The monoisotopic (exact) mass is 281 g/mol. The Labute approximate surface area is 118 Å². The molecule has 0 radical (unpaired) electrons. The second-order valence-corrected chi connectivity index (χ2v) is 4.43. The molecule has 3 rings (SSSR count). The Kier molecular flexibility index (Phi) is 3.12. The Balaban J connectivity index is 2.13. The number of fused-ring (bicyclic) bond motifs is 1. The fourth-order valence-corrected chi connectivity index (χ4v) is 2.05. The summed E-state index contributed by atoms with van der Waals surface area (Å²) in [5.41, 5.74) is -0.609. The quantitative estimate of drug-likeness (QED) is 0.623. The predicted octanol–water partition coefficient (Wildman–Crippen LogP) is 1.67. The van der Waals surface area contributed by atoms with E-state index in [4.69, 9.17) is 0 Å². The van der Waals surface area contributed by atoms with Crippen LogP contribution in [0.5, 0.6) is 5.75 Å². The van der Waals surface area contributed by atoms with Gasteiger partial charge >= 0.3 is 5.69 Å². The van der Waals surface area contributed by atoms with Crippen LogP contribution < -0.4 is 11.2 Å². The molecule has 0 fully saturated rings. The van der Waals surface area contributed by atoms with E-state index >= 15 is 0 Å². The van der Waals surface area contributed by atoms with Crippen LogP contribution in [0.1, 0.15) is 5.56 Å². The maximum Gasteiger partial charge on any atom is 0.325 e. The highest BCUT2D eigenvalue weighted by atomic mass is 16.3. The zero-order valence-corrected chi connectivity index (χ0v) is 10.8. The molecule has 1 heterocycles. The zero-order chi connectivity index (χ0) is 14.8. The number of benzene rings is 2. The standard InChI is InChI=1S/C15H11N3O3/c19-13-6-5-9-3-1-2-4-10(9)11(13)7-16-12-8-17-15(21)18-14(12)20/h1-8,19H,(H2,17,18,20,21). The van der Waals surface area contributed by atoms with Crippen molar-refractivity contribution in [3.63, 3.8) is 0 Å². The van der Waals surface area contributed by atoms with Gasteiger partial charge in [-0.05, 0) is 16.8 Å². The van der Waals surface area contributed by atoms with Crippen LogP contribution in [0, 0.1) is 0 Å². The number of phenols is 1. The summed E-state index contributed by atoms with van der Waals surface area (Å²) in [6.45, 7) is 0. The maximum absolute atomic E-state index is 11.6. The summed E-state index contributed by atoms with van der Waals surface area (Å²) in [6, 6.07) is 10.9.